The molecule has 0 N–H and O–H groups in total. The van der Waals surface area contributed by atoms with Gasteiger partial charge in [0, 0.05) is 47.7 Å². The summed E-state index contributed by atoms with van der Waals surface area (Å²) in [7, 11) is -1.61. The number of benzene rings is 7. The van der Waals surface area contributed by atoms with Crippen molar-refractivity contribution in [2.75, 3.05) is 0 Å². The molecule has 0 amide bonds. The van der Waals surface area contributed by atoms with Gasteiger partial charge in [-0.25, -0.2) is 0 Å². The van der Waals surface area contributed by atoms with Crippen LogP contribution in [0.4, 0.5) is 0 Å². The zero-order valence-corrected chi connectivity index (χ0v) is 39.0. The van der Waals surface area contributed by atoms with Crippen molar-refractivity contribution in [2.24, 2.45) is 0 Å². The molecule has 0 spiro atoms. The van der Waals surface area contributed by atoms with Crippen molar-refractivity contribution in [3.05, 3.63) is 193 Å². The smallest absolute Gasteiger partial charge is 0.0799 e. The molecule has 0 atom stereocenters. The standard InChI is InChI=1S/C37H23N2S.C18H24NSi.Ir/c1-3-12-25(13-4-1)27-22-23-28(26-14-5-2-6-15-26)34(24-27)39-33-20-9-8-19-32(33)38-37(39)31-18-11-17-30-29-16-7-10-21-35(29)40-36(30)31;1-13(2)16-11-17(15-9-7-14(3)8-10-15)19-12-18(16)20(4,5)6;/h1-17,19-24H;7-9,11-13H,1-6H3;/q2*-1;/i;3D3,13D;. The van der Waals surface area contributed by atoms with Crippen molar-refractivity contribution in [3.63, 3.8) is 0 Å². The van der Waals surface area contributed by atoms with Crippen molar-refractivity contribution in [1.82, 2.24) is 14.5 Å². The van der Waals surface area contributed by atoms with Crippen LogP contribution in [0.5, 0.6) is 0 Å². The molecular weight excluding hydrogens is 955 g/mol. The van der Waals surface area contributed by atoms with Crippen LogP contribution in [-0.4, -0.2) is 22.6 Å². The maximum atomic E-state index is 8.48. The van der Waals surface area contributed by atoms with Gasteiger partial charge in [-0.05, 0) is 67.8 Å². The second kappa shape index (κ2) is 17.7. The average Bonchev–Trinajstić information content (AvgIpc) is 3.88. The Bertz CT molecular complexity index is 3280. The molecule has 1 radical (unpaired) electrons. The van der Waals surface area contributed by atoms with Gasteiger partial charge in [-0.2, -0.15) is 11.3 Å². The maximum Gasteiger partial charge on any atom is 0.0799 e. The zero-order chi connectivity index (χ0) is 44.8. The number of rotatable bonds is 7. The summed E-state index contributed by atoms with van der Waals surface area (Å²) >= 11 is 1.81. The summed E-state index contributed by atoms with van der Waals surface area (Å²) in [6.45, 7) is 8.38. The molecule has 3 aromatic heterocycles. The summed E-state index contributed by atoms with van der Waals surface area (Å²) in [6.07, 6.45) is 1.89. The summed E-state index contributed by atoms with van der Waals surface area (Å²) < 4.78 is 35.6. The fourth-order valence-corrected chi connectivity index (χ4v) is 10.7. The first-order valence-corrected chi connectivity index (χ1v) is 24.6. The number of para-hydroxylation sites is 2. The summed E-state index contributed by atoms with van der Waals surface area (Å²) in [5.74, 6) is 0.187. The summed E-state index contributed by atoms with van der Waals surface area (Å²) in [5.41, 5.74) is 11.6. The van der Waals surface area contributed by atoms with E-state index in [-0.39, 0.29) is 25.7 Å². The van der Waals surface area contributed by atoms with E-state index in [1.54, 1.807) is 12.1 Å². The molecule has 6 heteroatoms. The van der Waals surface area contributed by atoms with Crippen LogP contribution in [0.15, 0.2) is 170 Å². The van der Waals surface area contributed by atoms with Crippen LogP contribution in [0, 0.1) is 19.0 Å². The second-order valence-electron chi connectivity index (χ2n) is 16.3. The third kappa shape index (κ3) is 8.47. The number of fused-ring (bicyclic) bond motifs is 4. The third-order valence-electron chi connectivity index (χ3n) is 10.9. The third-order valence-corrected chi connectivity index (χ3v) is 14.1. The van der Waals surface area contributed by atoms with Crippen molar-refractivity contribution in [1.29, 1.82) is 0 Å². The molecule has 0 aliphatic rings. The van der Waals surface area contributed by atoms with Crippen LogP contribution in [0.25, 0.3) is 81.8 Å². The number of hydrogen-bond donors (Lipinski definition) is 0. The fourth-order valence-electron chi connectivity index (χ4n) is 7.88. The Hall–Kier alpha value is -5.75. The van der Waals surface area contributed by atoms with Crippen LogP contribution in [-0.2, 0) is 20.1 Å². The van der Waals surface area contributed by atoms with Crippen LogP contribution >= 0.6 is 11.3 Å². The van der Waals surface area contributed by atoms with E-state index >= 15 is 0 Å². The Balaban J connectivity index is 0.000000199. The predicted molar refractivity (Wildman–Crippen MR) is 259 cm³/mol. The SMILES string of the molecule is [2H]C([2H])([2H])c1c[c-]c(-c2cc(C([2H])(C)C)c([Si](C)(C)C)cn2)cc1.[Ir].[c-]1ccc2c(sc3ccccc32)c1-c1nc2ccccc2n1-c1cc(-c2ccccc2)ccc1-c1ccccc1. The molecule has 3 nitrogen and oxygen atoms in total. The number of hydrogen-bond acceptors (Lipinski definition) is 3. The zero-order valence-electron chi connectivity index (χ0n) is 38.7. The van der Waals surface area contributed by atoms with E-state index in [0.29, 0.717) is 0 Å². The van der Waals surface area contributed by atoms with E-state index < -0.39 is 20.8 Å². The molecular formula is C55H47IrN3SSi-2. The molecule has 0 aliphatic carbocycles. The number of aryl methyl sites for hydroxylation is 1. The minimum absolute atomic E-state index is 0. The second-order valence-corrected chi connectivity index (χ2v) is 22.4. The minimum atomic E-state index is -2.13. The minimum Gasteiger partial charge on any atom is -0.333 e. The van der Waals surface area contributed by atoms with E-state index in [1.165, 1.54) is 48.1 Å². The van der Waals surface area contributed by atoms with Crippen molar-refractivity contribution >= 4 is 55.8 Å². The van der Waals surface area contributed by atoms with Gasteiger partial charge in [0.1, 0.15) is 0 Å². The van der Waals surface area contributed by atoms with E-state index in [0.717, 1.165) is 50.5 Å². The maximum absolute atomic E-state index is 8.48. The van der Waals surface area contributed by atoms with Gasteiger partial charge >= 0.3 is 0 Å². The van der Waals surface area contributed by atoms with E-state index in [2.05, 4.69) is 175 Å². The Morgan fingerprint density at radius 3 is 2.16 bits per heavy atom. The number of thiophene rings is 1. The molecule has 10 aromatic rings. The molecule has 0 unspecified atom stereocenters. The summed E-state index contributed by atoms with van der Waals surface area (Å²) in [5, 5.41) is 3.70. The largest absolute Gasteiger partial charge is 0.333 e. The van der Waals surface area contributed by atoms with Crippen molar-refractivity contribution in [2.45, 2.75) is 46.2 Å². The van der Waals surface area contributed by atoms with Gasteiger partial charge < -0.3 is 9.55 Å². The molecule has 0 saturated heterocycles. The molecule has 0 saturated carbocycles. The van der Waals surface area contributed by atoms with Crippen molar-refractivity contribution < 1.29 is 25.6 Å². The molecule has 303 valence electrons. The first-order valence-electron chi connectivity index (χ1n) is 22.2. The summed E-state index contributed by atoms with van der Waals surface area (Å²) in [6, 6.07) is 62.7. The Morgan fingerprint density at radius 1 is 0.721 bits per heavy atom. The number of pyridine rings is 1. The fraction of sp³-hybridized carbons (Fsp3) is 0.127. The van der Waals surface area contributed by atoms with Crippen LogP contribution in [0.1, 0.15) is 36.4 Å². The molecule has 7 aromatic carbocycles. The van der Waals surface area contributed by atoms with Gasteiger partial charge in [-0.3, -0.25) is 4.98 Å². The Kier molecular flexibility index (Phi) is 10.7. The van der Waals surface area contributed by atoms with Crippen LogP contribution in [0.2, 0.25) is 19.6 Å². The Morgan fingerprint density at radius 2 is 1.44 bits per heavy atom. The topological polar surface area (TPSA) is 30.7 Å². The number of aromatic nitrogens is 3. The first-order chi connectivity index (χ1) is 30.6. The molecule has 10 rings (SSSR count). The monoisotopic (exact) mass is 1010 g/mol. The van der Waals surface area contributed by atoms with Gasteiger partial charge in [0.05, 0.1) is 24.9 Å². The molecule has 3 heterocycles. The Labute approximate surface area is 383 Å². The molecule has 0 aliphatic heterocycles. The summed E-state index contributed by atoms with van der Waals surface area (Å²) in [4.78, 5) is 9.82. The van der Waals surface area contributed by atoms with Crippen molar-refractivity contribution in [3.8, 4) is 50.6 Å². The molecule has 0 bridgehead atoms. The van der Waals surface area contributed by atoms with Gasteiger partial charge in [0.15, 0.2) is 0 Å². The van der Waals surface area contributed by atoms with E-state index in [9.17, 15) is 0 Å². The predicted octanol–water partition coefficient (Wildman–Crippen LogP) is 14.7. The van der Waals surface area contributed by atoms with Gasteiger partial charge in [-0.15, -0.1) is 53.6 Å². The van der Waals surface area contributed by atoms with Crippen LogP contribution in [0.3, 0.4) is 0 Å². The van der Waals surface area contributed by atoms with Gasteiger partial charge in [-0.1, -0.05) is 166 Å². The number of imidazole rings is 1. The molecule has 61 heavy (non-hydrogen) atoms. The van der Waals surface area contributed by atoms with Gasteiger partial charge in [0.25, 0.3) is 0 Å². The average molecular weight is 1010 g/mol. The number of nitrogens with zero attached hydrogens (tertiary/aromatic N) is 3. The quantitative estimate of drug-likeness (QED) is 0.118. The van der Waals surface area contributed by atoms with E-state index in [1.807, 2.05) is 43.5 Å². The van der Waals surface area contributed by atoms with Crippen LogP contribution < -0.4 is 5.19 Å². The normalized spacial score (nSPS) is 12.8. The van der Waals surface area contributed by atoms with E-state index in [4.69, 9.17) is 10.5 Å². The van der Waals surface area contributed by atoms with Gasteiger partial charge in [0.2, 0.25) is 0 Å². The first kappa shape index (κ1) is 37.0. The molecule has 0 fully saturated rings.